The zero-order chi connectivity index (χ0) is 25.4. The molecule has 1 atom stereocenters. The van der Waals surface area contributed by atoms with E-state index in [2.05, 4.69) is 5.32 Å². The first kappa shape index (κ1) is 26.3. The van der Waals surface area contributed by atoms with Crippen LogP contribution in [0.1, 0.15) is 39.2 Å². The SMILES string of the molecule is CCCCNC(=O)C(C)N(Cc1ccccc1)C(=O)CN(c1ccc2c(c1)OCO2)S(=O)(=O)CC. The molecule has 2 amide bonds. The number of carbonyl (C=O) groups is 2. The number of nitrogens with one attached hydrogen (secondary N) is 1. The molecule has 0 spiro atoms. The summed E-state index contributed by atoms with van der Waals surface area (Å²) in [5.41, 5.74) is 1.13. The molecule has 1 aliphatic rings. The van der Waals surface area contributed by atoms with Crippen molar-refractivity contribution in [3.63, 3.8) is 0 Å². The lowest BCUT2D eigenvalue weighted by Gasteiger charge is -2.32. The number of fused-ring (bicyclic) bond motifs is 1. The summed E-state index contributed by atoms with van der Waals surface area (Å²) in [4.78, 5) is 27.8. The third-order valence-corrected chi connectivity index (χ3v) is 7.56. The molecule has 3 rings (SSSR count). The molecule has 0 bridgehead atoms. The molecule has 9 nitrogen and oxygen atoms in total. The van der Waals surface area contributed by atoms with Crippen LogP contribution in [0.15, 0.2) is 48.5 Å². The summed E-state index contributed by atoms with van der Waals surface area (Å²) < 4.78 is 37.8. The second kappa shape index (κ2) is 11.9. The van der Waals surface area contributed by atoms with E-state index in [-0.39, 0.29) is 25.0 Å². The highest BCUT2D eigenvalue weighted by atomic mass is 32.2. The number of hydrogen-bond donors (Lipinski definition) is 1. The second-order valence-corrected chi connectivity index (χ2v) is 10.5. The number of benzene rings is 2. The lowest BCUT2D eigenvalue weighted by molar-refractivity contribution is -0.139. The van der Waals surface area contributed by atoms with Crippen LogP contribution in [0.5, 0.6) is 11.5 Å². The van der Waals surface area contributed by atoms with Crippen molar-refractivity contribution in [3.8, 4) is 11.5 Å². The molecule has 190 valence electrons. The van der Waals surface area contributed by atoms with E-state index in [0.29, 0.717) is 23.7 Å². The van der Waals surface area contributed by atoms with Crippen molar-refractivity contribution in [2.24, 2.45) is 0 Å². The van der Waals surface area contributed by atoms with Crippen LogP contribution in [0.3, 0.4) is 0 Å². The van der Waals surface area contributed by atoms with Gasteiger partial charge in [0.15, 0.2) is 11.5 Å². The lowest BCUT2D eigenvalue weighted by Crippen LogP contribution is -2.51. The quantitative estimate of drug-likeness (QED) is 0.447. The Labute approximate surface area is 207 Å². The molecule has 0 fully saturated rings. The van der Waals surface area contributed by atoms with Gasteiger partial charge in [0.25, 0.3) is 0 Å². The molecule has 1 N–H and O–H groups in total. The van der Waals surface area contributed by atoms with E-state index < -0.39 is 28.5 Å². The largest absolute Gasteiger partial charge is 0.454 e. The summed E-state index contributed by atoms with van der Waals surface area (Å²) >= 11 is 0. The molecule has 2 aromatic carbocycles. The summed E-state index contributed by atoms with van der Waals surface area (Å²) in [5.74, 6) is -0.0362. The Balaban J connectivity index is 1.89. The summed E-state index contributed by atoms with van der Waals surface area (Å²) in [7, 11) is -3.81. The maximum absolute atomic E-state index is 13.6. The lowest BCUT2D eigenvalue weighted by atomic mass is 10.1. The van der Waals surface area contributed by atoms with Gasteiger partial charge in [-0.2, -0.15) is 0 Å². The normalized spacial score (nSPS) is 13.2. The van der Waals surface area contributed by atoms with Crippen molar-refractivity contribution >= 4 is 27.5 Å². The number of unbranched alkanes of at least 4 members (excludes halogenated alkanes) is 1. The number of carbonyl (C=O) groups excluding carboxylic acids is 2. The maximum atomic E-state index is 13.6. The minimum atomic E-state index is -3.81. The standard InChI is InChI=1S/C25H33N3O6S/c1-4-6-14-26-25(30)19(3)27(16-20-10-8-7-9-11-20)24(29)17-28(35(31,32)5-2)21-12-13-22-23(15-21)34-18-33-22/h7-13,15,19H,4-6,14,16-18H2,1-3H3,(H,26,30). The van der Waals surface area contributed by atoms with Crippen molar-refractivity contribution < 1.29 is 27.5 Å². The van der Waals surface area contributed by atoms with Crippen LogP contribution < -0.4 is 19.1 Å². The van der Waals surface area contributed by atoms with Crippen LogP contribution >= 0.6 is 0 Å². The highest BCUT2D eigenvalue weighted by Crippen LogP contribution is 2.36. The van der Waals surface area contributed by atoms with Gasteiger partial charge in [0, 0.05) is 19.2 Å². The minimum absolute atomic E-state index is 0.0494. The number of nitrogens with zero attached hydrogens (tertiary/aromatic N) is 2. The number of ether oxygens (including phenoxy) is 2. The van der Waals surface area contributed by atoms with Crippen molar-refractivity contribution in [2.45, 2.75) is 46.2 Å². The summed E-state index contributed by atoms with van der Waals surface area (Å²) in [6.07, 6.45) is 1.76. The van der Waals surface area contributed by atoms with Crippen molar-refractivity contribution in [1.82, 2.24) is 10.2 Å². The first-order valence-electron chi connectivity index (χ1n) is 11.8. The van der Waals surface area contributed by atoms with Crippen molar-refractivity contribution in [1.29, 1.82) is 0 Å². The molecule has 10 heteroatoms. The van der Waals surface area contributed by atoms with Gasteiger partial charge in [0.05, 0.1) is 11.4 Å². The molecule has 0 aromatic heterocycles. The zero-order valence-electron chi connectivity index (χ0n) is 20.4. The number of amides is 2. The van der Waals surface area contributed by atoms with Crippen LogP contribution in [0.4, 0.5) is 5.69 Å². The molecular weight excluding hydrogens is 470 g/mol. The van der Waals surface area contributed by atoms with Gasteiger partial charge < -0.3 is 19.7 Å². The zero-order valence-corrected chi connectivity index (χ0v) is 21.2. The number of rotatable bonds is 12. The highest BCUT2D eigenvalue weighted by Gasteiger charge is 2.31. The first-order chi connectivity index (χ1) is 16.8. The number of anilines is 1. The fourth-order valence-electron chi connectivity index (χ4n) is 3.66. The fourth-order valence-corrected chi connectivity index (χ4v) is 4.71. The molecule has 35 heavy (non-hydrogen) atoms. The summed E-state index contributed by atoms with van der Waals surface area (Å²) in [6.45, 7) is 5.49. The topological polar surface area (TPSA) is 105 Å². The average molecular weight is 504 g/mol. The van der Waals surface area contributed by atoms with E-state index >= 15 is 0 Å². The summed E-state index contributed by atoms with van der Waals surface area (Å²) in [6, 6.07) is 13.2. The maximum Gasteiger partial charge on any atom is 0.244 e. The molecule has 0 saturated heterocycles. The molecule has 2 aromatic rings. The molecular formula is C25H33N3O6S. The first-order valence-corrected chi connectivity index (χ1v) is 13.4. The van der Waals surface area contributed by atoms with Crippen LogP contribution in [0, 0.1) is 0 Å². The average Bonchev–Trinajstić information content (AvgIpc) is 3.34. The second-order valence-electron chi connectivity index (χ2n) is 8.27. The Morgan fingerprint density at radius 2 is 1.77 bits per heavy atom. The minimum Gasteiger partial charge on any atom is -0.454 e. The van der Waals surface area contributed by atoms with Gasteiger partial charge in [-0.25, -0.2) is 8.42 Å². The highest BCUT2D eigenvalue weighted by molar-refractivity contribution is 7.92. The van der Waals surface area contributed by atoms with Gasteiger partial charge in [-0.1, -0.05) is 43.7 Å². The third-order valence-electron chi connectivity index (χ3n) is 5.82. The van der Waals surface area contributed by atoms with Crippen LogP contribution in [0.25, 0.3) is 0 Å². The Morgan fingerprint density at radius 3 is 2.46 bits per heavy atom. The van der Waals surface area contributed by atoms with Crippen molar-refractivity contribution in [3.05, 3.63) is 54.1 Å². The van der Waals surface area contributed by atoms with Gasteiger partial charge >= 0.3 is 0 Å². The van der Waals surface area contributed by atoms with Gasteiger partial charge in [0.2, 0.25) is 28.6 Å². The Bertz CT molecular complexity index is 1120. The van der Waals surface area contributed by atoms with Crippen molar-refractivity contribution in [2.75, 3.05) is 29.9 Å². The van der Waals surface area contributed by atoms with Crippen LogP contribution in [0.2, 0.25) is 0 Å². The van der Waals surface area contributed by atoms with E-state index in [1.807, 2.05) is 37.3 Å². The predicted octanol–water partition coefficient (Wildman–Crippen LogP) is 2.91. The summed E-state index contributed by atoms with van der Waals surface area (Å²) in [5, 5.41) is 2.86. The van der Waals surface area contributed by atoms with Crippen LogP contribution in [-0.4, -0.2) is 56.8 Å². The van der Waals surface area contributed by atoms with E-state index in [1.54, 1.807) is 25.1 Å². The van der Waals surface area contributed by atoms with Gasteiger partial charge in [-0.15, -0.1) is 0 Å². The fraction of sp³-hybridized carbons (Fsp3) is 0.440. The van der Waals surface area contributed by atoms with Gasteiger partial charge in [0.1, 0.15) is 12.6 Å². The number of hydrogen-bond acceptors (Lipinski definition) is 6. The smallest absolute Gasteiger partial charge is 0.244 e. The molecule has 0 saturated carbocycles. The molecule has 1 aliphatic heterocycles. The van der Waals surface area contributed by atoms with Gasteiger partial charge in [-0.3, -0.25) is 13.9 Å². The van der Waals surface area contributed by atoms with Crippen LogP contribution in [-0.2, 0) is 26.2 Å². The van der Waals surface area contributed by atoms with E-state index in [9.17, 15) is 18.0 Å². The molecule has 1 unspecified atom stereocenters. The van der Waals surface area contributed by atoms with E-state index in [0.717, 1.165) is 22.7 Å². The monoisotopic (exact) mass is 503 g/mol. The third kappa shape index (κ3) is 6.66. The van der Waals surface area contributed by atoms with E-state index in [4.69, 9.17) is 9.47 Å². The molecule has 1 heterocycles. The molecule has 0 radical (unpaired) electrons. The Morgan fingerprint density at radius 1 is 1.06 bits per heavy atom. The Hall–Kier alpha value is -3.27. The Kier molecular flexibility index (Phi) is 8.97. The molecule has 0 aliphatic carbocycles. The predicted molar refractivity (Wildman–Crippen MR) is 134 cm³/mol. The van der Waals surface area contributed by atoms with E-state index in [1.165, 1.54) is 11.8 Å². The van der Waals surface area contributed by atoms with Gasteiger partial charge in [-0.05, 0) is 38.0 Å². The number of sulfonamides is 1.